The average molecular weight is 232 g/mol. The van der Waals surface area contributed by atoms with Gasteiger partial charge in [-0.15, -0.1) is 11.8 Å². The molecule has 0 spiro atoms. The minimum atomic E-state index is -0.0420. The molecule has 1 rings (SSSR count). The van der Waals surface area contributed by atoms with Gasteiger partial charge in [0.2, 0.25) is 0 Å². The van der Waals surface area contributed by atoms with E-state index in [1.54, 1.807) is 11.8 Å². The van der Waals surface area contributed by atoms with Crippen molar-refractivity contribution in [3.63, 3.8) is 0 Å². The summed E-state index contributed by atoms with van der Waals surface area (Å²) in [5.41, 5.74) is 0.820. The van der Waals surface area contributed by atoms with Crippen LogP contribution in [-0.4, -0.2) is 17.8 Å². The molecule has 4 heteroatoms. The van der Waals surface area contributed by atoms with E-state index in [9.17, 15) is 0 Å². The maximum absolute atomic E-state index is 6.03. The lowest BCUT2D eigenvalue weighted by Crippen LogP contribution is -2.03. The average Bonchev–Trinajstić information content (AvgIpc) is 2.19. The van der Waals surface area contributed by atoms with Gasteiger partial charge >= 0.3 is 0 Å². The van der Waals surface area contributed by atoms with Crippen LogP contribution in [-0.2, 0) is 4.74 Å². The van der Waals surface area contributed by atoms with Gasteiger partial charge in [-0.3, -0.25) is 0 Å². The normalized spacial score (nSPS) is 12.9. The van der Waals surface area contributed by atoms with Crippen molar-refractivity contribution in [2.45, 2.75) is 25.0 Å². The molecule has 1 aromatic rings. The molecule has 78 valence electrons. The van der Waals surface area contributed by atoms with E-state index in [2.05, 4.69) is 4.98 Å². The zero-order valence-corrected chi connectivity index (χ0v) is 10.2. The second-order valence-corrected chi connectivity index (χ2v) is 4.05. The van der Waals surface area contributed by atoms with Crippen LogP contribution in [0.15, 0.2) is 17.2 Å². The summed E-state index contributed by atoms with van der Waals surface area (Å²) in [6, 6.07) is 3.78. The monoisotopic (exact) mass is 231 g/mol. The third-order valence-electron chi connectivity index (χ3n) is 1.86. The minimum absolute atomic E-state index is 0.0420. The van der Waals surface area contributed by atoms with Crippen LogP contribution in [0.2, 0.25) is 5.02 Å². The molecule has 0 aliphatic carbocycles. The first kappa shape index (κ1) is 11.8. The van der Waals surface area contributed by atoms with Crippen molar-refractivity contribution in [3.05, 3.63) is 22.8 Å². The molecular weight excluding hydrogens is 218 g/mol. The molecule has 0 aliphatic heterocycles. The number of hydrogen-bond acceptors (Lipinski definition) is 3. The summed E-state index contributed by atoms with van der Waals surface area (Å²) in [6.45, 7) is 4.59. The Kier molecular flexibility index (Phi) is 4.72. The Labute approximate surface area is 94.0 Å². The predicted molar refractivity (Wildman–Crippen MR) is 61.1 cm³/mol. The Balaban J connectivity index is 2.93. The maximum atomic E-state index is 6.03. The minimum Gasteiger partial charge on any atom is -0.372 e. The fourth-order valence-electron chi connectivity index (χ4n) is 1.17. The van der Waals surface area contributed by atoms with Gasteiger partial charge in [0.25, 0.3) is 0 Å². The van der Waals surface area contributed by atoms with Crippen molar-refractivity contribution in [3.8, 4) is 0 Å². The molecule has 0 saturated carbocycles. The topological polar surface area (TPSA) is 22.1 Å². The predicted octanol–water partition coefficient (Wildman–Crippen LogP) is 3.55. The van der Waals surface area contributed by atoms with E-state index in [-0.39, 0.29) is 6.10 Å². The standard InChI is InChI=1S/C10H14ClNOS/c1-4-13-7(2)10-8(11)5-6-9(12-10)14-3/h5-7H,4H2,1-3H3. The van der Waals surface area contributed by atoms with E-state index >= 15 is 0 Å². The summed E-state index contributed by atoms with van der Waals surface area (Å²) in [4.78, 5) is 4.42. The van der Waals surface area contributed by atoms with E-state index in [1.807, 2.05) is 32.2 Å². The number of nitrogens with zero attached hydrogens (tertiary/aromatic N) is 1. The highest BCUT2D eigenvalue weighted by Crippen LogP contribution is 2.25. The quantitative estimate of drug-likeness (QED) is 0.740. The Hall–Kier alpha value is -0.250. The zero-order valence-electron chi connectivity index (χ0n) is 8.58. The molecule has 14 heavy (non-hydrogen) atoms. The van der Waals surface area contributed by atoms with Gasteiger partial charge in [-0.2, -0.15) is 0 Å². The summed E-state index contributed by atoms with van der Waals surface area (Å²) >= 11 is 7.63. The van der Waals surface area contributed by atoms with Crippen LogP contribution in [0.4, 0.5) is 0 Å². The number of hydrogen-bond donors (Lipinski definition) is 0. The Morgan fingerprint density at radius 1 is 1.57 bits per heavy atom. The number of rotatable bonds is 4. The van der Waals surface area contributed by atoms with E-state index < -0.39 is 0 Å². The van der Waals surface area contributed by atoms with Crippen LogP contribution in [0.1, 0.15) is 25.6 Å². The largest absolute Gasteiger partial charge is 0.372 e. The van der Waals surface area contributed by atoms with Crippen LogP contribution >= 0.6 is 23.4 Å². The molecule has 1 unspecified atom stereocenters. The maximum Gasteiger partial charge on any atom is 0.0982 e. The fourth-order valence-corrected chi connectivity index (χ4v) is 1.82. The van der Waals surface area contributed by atoms with Crippen molar-refractivity contribution in [1.82, 2.24) is 4.98 Å². The van der Waals surface area contributed by atoms with Crippen molar-refractivity contribution in [2.24, 2.45) is 0 Å². The molecular formula is C10H14ClNOS. The van der Waals surface area contributed by atoms with Crippen LogP contribution in [0.5, 0.6) is 0 Å². The van der Waals surface area contributed by atoms with Crippen molar-refractivity contribution in [2.75, 3.05) is 12.9 Å². The van der Waals surface area contributed by atoms with Gasteiger partial charge in [0.05, 0.1) is 21.8 Å². The van der Waals surface area contributed by atoms with Crippen molar-refractivity contribution >= 4 is 23.4 Å². The molecule has 2 nitrogen and oxygen atoms in total. The molecule has 0 aliphatic rings. The first-order chi connectivity index (χ1) is 6.69. The smallest absolute Gasteiger partial charge is 0.0982 e. The Morgan fingerprint density at radius 3 is 2.86 bits per heavy atom. The highest BCUT2D eigenvalue weighted by molar-refractivity contribution is 7.98. The molecule has 1 heterocycles. The Bertz CT molecular complexity index is 306. The van der Waals surface area contributed by atoms with Crippen LogP contribution in [0, 0.1) is 0 Å². The van der Waals surface area contributed by atoms with Gasteiger partial charge in [0.15, 0.2) is 0 Å². The first-order valence-corrected chi connectivity index (χ1v) is 6.11. The van der Waals surface area contributed by atoms with Gasteiger partial charge in [0, 0.05) is 6.61 Å². The molecule has 0 bridgehead atoms. The van der Waals surface area contributed by atoms with Gasteiger partial charge in [0.1, 0.15) is 0 Å². The summed E-state index contributed by atoms with van der Waals surface area (Å²) in [7, 11) is 0. The van der Waals surface area contributed by atoms with Gasteiger partial charge in [-0.1, -0.05) is 11.6 Å². The third kappa shape index (κ3) is 2.87. The molecule has 0 amide bonds. The molecule has 0 fully saturated rings. The molecule has 1 atom stereocenters. The third-order valence-corrected chi connectivity index (χ3v) is 2.82. The zero-order chi connectivity index (χ0) is 10.6. The van der Waals surface area contributed by atoms with Crippen LogP contribution in [0.25, 0.3) is 0 Å². The lowest BCUT2D eigenvalue weighted by atomic mass is 10.2. The highest BCUT2D eigenvalue weighted by Gasteiger charge is 2.11. The molecule has 0 aromatic carbocycles. The second-order valence-electron chi connectivity index (χ2n) is 2.82. The molecule has 0 saturated heterocycles. The fraction of sp³-hybridized carbons (Fsp3) is 0.500. The molecule has 0 radical (unpaired) electrons. The number of ether oxygens (including phenoxy) is 1. The van der Waals surface area contributed by atoms with Gasteiger partial charge < -0.3 is 4.74 Å². The molecule has 0 N–H and O–H groups in total. The van der Waals surface area contributed by atoms with Gasteiger partial charge in [-0.05, 0) is 32.2 Å². The van der Waals surface area contributed by atoms with Crippen molar-refractivity contribution < 1.29 is 4.74 Å². The van der Waals surface area contributed by atoms with E-state index in [4.69, 9.17) is 16.3 Å². The lowest BCUT2D eigenvalue weighted by Gasteiger charge is -2.13. The number of halogens is 1. The SMILES string of the molecule is CCOC(C)c1nc(SC)ccc1Cl. The van der Waals surface area contributed by atoms with Crippen LogP contribution < -0.4 is 0 Å². The number of thioether (sulfide) groups is 1. The summed E-state index contributed by atoms with van der Waals surface area (Å²) < 4.78 is 5.45. The van der Waals surface area contributed by atoms with E-state index in [0.717, 1.165) is 10.7 Å². The highest BCUT2D eigenvalue weighted by atomic mass is 35.5. The van der Waals surface area contributed by atoms with Crippen molar-refractivity contribution in [1.29, 1.82) is 0 Å². The Morgan fingerprint density at radius 2 is 2.29 bits per heavy atom. The second kappa shape index (κ2) is 5.59. The number of pyridine rings is 1. The van der Waals surface area contributed by atoms with E-state index in [0.29, 0.717) is 11.6 Å². The number of aromatic nitrogens is 1. The molecule has 1 aromatic heterocycles. The lowest BCUT2D eigenvalue weighted by molar-refractivity contribution is 0.0730. The summed E-state index contributed by atoms with van der Waals surface area (Å²) in [6.07, 6.45) is 1.95. The van der Waals surface area contributed by atoms with E-state index in [1.165, 1.54) is 0 Å². The summed E-state index contributed by atoms with van der Waals surface area (Å²) in [5.74, 6) is 0. The summed E-state index contributed by atoms with van der Waals surface area (Å²) in [5, 5.41) is 1.64. The van der Waals surface area contributed by atoms with Gasteiger partial charge in [-0.25, -0.2) is 4.98 Å². The first-order valence-electron chi connectivity index (χ1n) is 4.51. The van der Waals surface area contributed by atoms with Crippen LogP contribution in [0.3, 0.4) is 0 Å².